The first-order valence-electron chi connectivity index (χ1n) is 24.5. The van der Waals surface area contributed by atoms with Gasteiger partial charge in [-0.3, -0.25) is 4.57 Å². The molecule has 0 unspecified atom stereocenters. The van der Waals surface area contributed by atoms with Gasteiger partial charge in [0.05, 0.1) is 22.4 Å². The molecule has 1 aliphatic heterocycles. The van der Waals surface area contributed by atoms with Crippen LogP contribution in [-0.4, -0.2) is 16.2 Å². The van der Waals surface area contributed by atoms with Crippen molar-refractivity contribution in [1.82, 2.24) is 9.55 Å². The molecule has 9 aromatic rings. The standard InChI is InChI=1S/C61H60N4O/c1-40-31-58(62-38-53(40)43-25-23-42(24-26-43)41-17-12-11-13-18-41)65-54-22-15-14-21-51(54)52-29-28-50(37-56(52)65)66-49-20-16-19-47(36-49)63-39-64(55-30-27-44(35-57(55)63)59(2,3)4)48-33-45(60(5,6)7)32-46(34-48)61(8,9)10/h11-38H,39H2,1-10H3/i1D3. The molecular formula is C61H60N4O. The number of aryl methyl sites for hydroxylation is 1. The van der Waals surface area contributed by atoms with E-state index >= 15 is 0 Å². The first kappa shape index (κ1) is 39.3. The van der Waals surface area contributed by atoms with Gasteiger partial charge in [-0.2, -0.15) is 0 Å². The minimum absolute atomic E-state index is 0.0181. The molecule has 0 fully saturated rings. The molecule has 0 saturated heterocycles. The van der Waals surface area contributed by atoms with Gasteiger partial charge in [0.25, 0.3) is 0 Å². The molecule has 5 heteroatoms. The Kier molecular flexibility index (Phi) is 9.58. The number of benzene rings is 7. The predicted molar refractivity (Wildman–Crippen MR) is 279 cm³/mol. The van der Waals surface area contributed by atoms with Crippen LogP contribution < -0.4 is 14.5 Å². The van der Waals surface area contributed by atoms with Gasteiger partial charge >= 0.3 is 0 Å². The average molecular weight is 868 g/mol. The van der Waals surface area contributed by atoms with Crippen LogP contribution in [0.5, 0.6) is 11.5 Å². The summed E-state index contributed by atoms with van der Waals surface area (Å²) in [6, 6.07) is 56.6. The zero-order valence-electron chi connectivity index (χ0n) is 42.6. The van der Waals surface area contributed by atoms with Gasteiger partial charge in [0.2, 0.25) is 0 Å². The maximum atomic E-state index is 8.69. The van der Waals surface area contributed by atoms with Crippen molar-refractivity contribution in [3.05, 3.63) is 192 Å². The maximum Gasteiger partial charge on any atom is 0.137 e. The van der Waals surface area contributed by atoms with Crippen LogP contribution in [0, 0.1) is 6.85 Å². The normalized spacial score (nSPS) is 14.0. The Bertz CT molecular complexity index is 3350. The number of nitrogens with zero attached hydrogens (tertiary/aromatic N) is 4. The minimum Gasteiger partial charge on any atom is -0.457 e. The number of para-hydroxylation sites is 1. The summed E-state index contributed by atoms with van der Waals surface area (Å²) in [5.41, 5.74) is 13.9. The van der Waals surface area contributed by atoms with Crippen molar-refractivity contribution in [1.29, 1.82) is 0 Å². The summed E-state index contributed by atoms with van der Waals surface area (Å²) in [7, 11) is 0. The zero-order valence-corrected chi connectivity index (χ0v) is 39.6. The smallest absolute Gasteiger partial charge is 0.137 e. The first-order chi connectivity index (χ1) is 32.7. The summed E-state index contributed by atoms with van der Waals surface area (Å²) in [4.78, 5) is 9.83. The molecule has 0 radical (unpaired) electrons. The Morgan fingerprint density at radius 3 is 1.83 bits per heavy atom. The van der Waals surface area contributed by atoms with E-state index in [2.05, 4.69) is 157 Å². The minimum atomic E-state index is -2.39. The third-order valence-electron chi connectivity index (χ3n) is 13.1. The highest BCUT2D eigenvalue weighted by molar-refractivity contribution is 6.09. The van der Waals surface area contributed by atoms with Crippen LogP contribution >= 0.6 is 0 Å². The predicted octanol–water partition coefficient (Wildman–Crippen LogP) is 16.8. The second-order valence-corrected chi connectivity index (χ2v) is 20.9. The van der Waals surface area contributed by atoms with Gasteiger partial charge < -0.3 is 14.5 Å². The largest absolute Gasteiger partial charge is 0.457 e. The van der Waals surface area contributed by atoms with E-state index in [4.69, 9.17) is 13.8 Å². The van der Waals surface area contributed by atoms with Crippen molar-refractivity contribution in [3.8, 4) is 39.6 Å². The van der Waals surface area contributed by atoms with E-state index in [1.165, 1.54) is 28.1 Å². The number of anilines is 4. The molecule has 5 nitrogen and oxygen atoms in total. The highest BCUT2D eigenvalue weighted by Gasteiger charge is 2.32. The van der Waals surface area contributed by atoms with E-state index in [9.17, 15) is 0 Å². The molecule has 0 saturated carbocycles. The van der Waals surface area contributed by atoms with Crippen molar-refractivity contribution in [2.24, 2.45) is 0 Å². The Labute approximate surface area is 395 Å². The monoisotopic (exact) mass is 867 g/mol. The van der Waals surface area contributed by atoms with Gasteiger partial charge in [-0.1, -0.05) is 153 Å². The number of rotatable bonds is 7. The molecule has 0 N–H and O–H groups in total. The molecule has 330 valence electrons. The van der Waals surface area contributed by atoms with Crippen LogP contribution in [-0.2, 0) is 16.2 Å². The molecule has 2 aromatic heterocycles. The van der Waals surface area contributed by atoms with Crippen molar-refractivity contribution < 1.29 is 8.85 Å². The van der Waals surface area contributed by atoms with Gasteiger partial charge in [-0.25, -0.2) is 4.98 Å². The average Bonchev–Trinajstić information content (AvgIpc) is 3.86. The first-order valence-corrected chi connectivity index (χ1v) is 23.0. The number of hydrogen-bond donors (Lipinski definition) is 0. The molecule has 1 aliphatic rings. The summed E-state index contributed by atoms with van der Waals surface area (Å²) in [5, 5.41) is 2.05. The fourth-order valence-corrected chi connectivity index (χ4v) is 9.18. The number of aromatic nitrogens is 2. The number of pyridine rings is 1. The summed E-state index contributed by atoms with van der Waals surface area (Å²) in [5.74, 6) is 1.88. The van der Waals surface area contributed by atoms with Crippen LogP contribution in [0.25, 0.3) is 49.9 Å². The third kappa shape index (κ3) is 8.02. The summed E-state index contributed by atoms with van der Waals surface area (Å²) in [6.45, 7) is 18.8. The van der Waals surface area contributed by atoms with E-state index in [1.807, 2.05) is 77.4 Å². The van der Waals surface area contributed by atoms with Crippen LogP contribution in [0.1, 0.15) is 88.7 Å². The second-order valence-electron chi connectivity index (χ2n) is 20.9. The maximum absolute atomic E-state index is 8.69. The lowest BCUT2D eigenvalue weighted by Gasteiger charge is -2.29. The third-order valence-corrected chi connectivity index (χ3v) is 13.1. The van der Waals surface area contributed by atoms with Gasteiger partial charge in [0, 0.05) is 50.2 Å². The summed E-state index contributed by atoms with van der Waals surface area (Å²) >= 11 is 0. The van der Waals surface area contributed by atoms with Crippen molar-refractivity contribution >= 4 is 44.6 Å². The van der Waals surface area contributed by atoms with Gasteiger partial charge in [-0.05, 0) is 123 Å². The Hall–Kier alpha value is -7.11. The molecule has 0 amide bonds. The second kappa shape index (κ2) is 16.1. The lowest BCUT2D eigenvalue weighted by atomic mass is 9.80. The van der Waals surface area contributed by atoms with Crippen molar-refractivity contribution in [3.63, 3.8) is 0 Å². The quantitative estimate of drug-likeness (QED) is 0.160. The van der Waals surface area contributed by atoms with Crippen LogP contribution in [0.2, 0.25) is 0 Å². The Morgan fingerprint density at radius 1 is 0.485 bits per heavy atom. The fraction of sp³-hybridized carbons (Fsp3) is 0.230. The lowest BCUT2D eigenvalue weighted by Crippen LogP contribution is -2.25. The summed E-state index contributed by atoms with van der Waals surface area (Å²) < 4.78 is 34.9. The molecular weight excluding hydrogens is 805 g/mol. The molecule has 10 rings (SSSR count). The lowest BCUT2D eigenvalue weighted by molar-refractivity contribution is 0.483. The highest BCUT2D eigenvalue weighted by Crippen LogP contribution is 2.48. The molecule has 3 heterocycles. The number of ether oxygens (including phenoxy) is 1. The van der Waals surface area contributed by atoms with Crippen molar-refractivity contribution in [2.45, 2.75) is 85.4 Å². The topological polar surface area (TPSA) is 33.5 Å². The highest BCUT2D eigenvalue weighted by atomic mass is 16.5. The Balaban J connectivity index is 1.02. The van der Waals surface area contributed by atoms with E-state index in [1.54, 1.807) is 12.3 Å². The Morgan fingerprint density at radius 2 is 1.12 bits per heavy atom. The molecule has 0 aliphatic carbocycles. The van der Waals surface area contributed by atoms with Crippen LogP contribution in [0.15, 0.2) is 170 Å². The molecule has 0 atom stereocenters. The number of fused-ring (bicyclic) bond motifs is 4. The molecule has 0 bridgehead atoms. The SMILES string of the molecule is [2H]C([2H])([2H])c1cc(-n2c3ccccc3c3ccc(Oc4cccc(N5CN(c6cc(C(C)(C)C)cc(C(C)(C)C)c6)c6ccc(C(C)(C)C)cc65)c4)cc32)ncc1-c1ccc(-c2ccccc2)cc1. The van der Waals surface area contributed by atoms with Gasteiger partial charge in [-0.15, -0.1) is 0 Å². The molecule has 0 spiro atoms. The van der Waals surface area contributed by atoms with E-state index in [-0.39, 0.29) is 21.8 Å². The summed E-state index contributed by atoms with van der Waals surface area (Å²) in [6.07, 6.45) is 1.70. The zero-order chi connectivity index (χ0) is 48.6. The van der Waals surface area contributed by atoms with E-state index in [0.29, 0.717) is 29.5 Å². The van der Waals surface area contributed by atoms with Gasteiger partial charge in [0.1, 0.15) is 24.0 Å². The number of hydrogen-bond acceptors (Lipinski definition) is 4. The van der Waals surface area contributed by atoms with Gasteiger partial charge in [0.15, 0.2) is 0 Å². The van der Waals surface area contributed by atoms with Crippen LogP contribution in [0.3, 0.4) is 0 Å². The van der Waals surface area contributed by atoms with E-state index in [0.717, 1.165) is 49.9 Å². The van der Waals surface area contributed by atoms with E-state index < -0.39 is 6.85 Å². The fourth-order valence-electron chi connectivity index (χ4n) is 9.18. The molecule has 7 aromatic carbocycles. The van der Waals surface area contributed by atoms with Crippen LogP contribution in [0.4, 0.5) is 22.7 Å². The molecule has 66 heavy (non-hydrogen) atoms. The van der Waals surface area contributed by atoms with Crippen molar-refractivity contribution in [2.75, 3.05) is 16.5 Å².